The Kier molecular flexibility index (Phi) is 4.93. The van der Waals surface area contributed by atoms with Gasteiger partial charge in [0.15, 0.2) is 11.5 Å². The molecule has 3 rings (SSSR count). The van der Waals surface area contributed by atoms with E-state index in [0.717, 1.165) is 10.9 Å². The van der Waals surface area contributed by atoms with Crippen LogP contribution in [0.3, 0.4) is 0 Å². The van der Waals surface area contributed by atoms with E-state index in [9.17, 15) is 9.59 Å². The molecule has 134 valence electrons. The summed E-state index contributed by atoms with van der Waals surface area (Å²) in [4.78, 5) is 27.3. The van der Waals surface area contributed by atoms with Crippen LogP contribution in [0.25, 0.3) is 10.8 Å². The lowest BCUT2D eigenvalue weighted by atomic mass is 10.1. The largest absolute Gasteiger partial charge is 0.493 e. The molecule has 6 nitrogen and oxygen atoms in total. The van der Waals surface area contributed by atoms with Gasteiger partial charge in [0.25, 0.3) is 11.5 Å². The molecule has 0 saturated heterocycles. The van der Waals surface area contributed by atoms with E-state index in [1.54, 1.807) is 44.6 Å². The molecule has 1 amide bonds. The smallest absolute Gasteiger partial charge is 0.268 e. The number of ether oxygens (including phenoxy) is 2. The fraction of sp³-hybridized carbons (Fsp3) is 0.200. The molecule has 0 radical (unpaired) electrons. The second-order valence-corrected chi connectivity index (χ2v) is 5.91. The van der Waals surface area contributed by atoms with Crippen LogP contribution in [0.15, 0.2) is 53.3 Å². The van der Waals surface area contributed by atoms with Crippen LogP contribution in [0, 0.1) is 0 Å². The molecule has 0 spiro atoms. The Morgan fingerprint density at radius 3 is 2.50 bits per heavy atom. The number of methoxy groups -OCH3 is 2. The third-order valence-corrected chi connectivity index (χ3v) is 4.25. The Hall–Kier alpha value is -3.28. The first-order valence-corrected chi connectivity index (χ1v) is 8.18. The fourth-order valence-corrected chi connectivity index (χ4v) is 2.81. The third kappa shape index (κ3) is 3.39. The van der Waals surface area contributed by atoms with Gasteiger partial charge < -0.3 is 19.8 Å². The first-order valence-electron chi connectivity index (χ1n) is 8.18. The summed E-state index contributed by atoms with van der Waals surface area (Å²) in [5, 5.41) is 4.16. The minimum Gasteiger partial charge on any atom is -0.493 e. The van der Waals surface area contributed by atoms with Gasteiger partial charge in [-0.3, -0.25) is 9.59 Å². The van der Waals surface area contributed by atoms with Crippen LogP contribution >= 0.6 is 0 Å². The Labute approximate surface area is 150 Å². The molecule has 2 N–H and O–H groups in total. The molecule has 0 aliphatic heterocycles. The molecule has 6 heteroatoms. The molecule has 0 saturated carbocycles. The number of H-pyrrole nitrogens is 1. The number of nitrogens with one attached hydrogen (secondary N) is 2. The summed E-state index contributed by atoms with van der Waals surface area (Å²) in [7, 11) is 3.13. The number of fused-ring (bicyclic) bond motifs is 1. The van der Waals surface area contributed by atoms with Crippen LogP contribution in [-0.2, 0) is 0 Å². The molecule has 3 aromatic rings. The van der Waals surface area contributed by atoms with E-state index in [1.165, 1.54) is 0 Å². The molecular weight excluding hydrogens is 332 g/mol. The summed E-state index contributed by atoms with van der Waals surface area (Å²) < 4.78 is 10.5. The van der Waals surface area contributed by atoms with Crippen molar-refractivity contribution in [2.45, 2.75) is 13.0 Å². The molecule has 0 aliphatic carbocycles. The van der Waals surface area contributed by atoms with Crippen molar-refractivity contribution >= 4 is 16.7 Å². The van der Waals surface area contributed by atoms with E-state index in [4.69, 9.17) is 9.47 Å². The third-order valence-electron chi connectivity index (χ3n) is 4.25. The standard InChI is InChI=1S/C20H20N2O4/c1-12(13-8-9-17(25-2)18(11-13)26-3)21-20(24)16-10-14-6-4-5-7-15(14)19(23)22-16/h4-12H,1-3H3,(H,21,24)(H,22,23). The highest BCUT2D eigenvalue weighted by Crippen LogP contribution is 2.29. The molecule has 0 fully saturated rings. The summed E-state index contributed by atoms with van der Waals surface area (Å²) in [6, 6.07) is 14.0. The number of carbonyl (C=O) groups excluding carboxylic acids is 1. The normalized spacial score (nSPS) is 11.8. The van der Waals surface area contributed by atoms with E-state index in [0.29, 0.717) is 16.9 Å². The van der Waals surface area contributed by atoms with Crippen LogP contribution < -0.4 is 20.3 Å². The summed E-state index contributed by atoms with van der Waals surface area (Å²) in [5.41, 5.74) is 0.798. The number of amides is 1. The highest BCUT2D eigenvalue weighted by molar-refractivity contribution is 5.96. The average molecular weight is 352 g/mol. The van der Waals surface area contributed by atoms with E-state index in [1.807, 2.05) is 25.1 Å². The van der Waals surface area contributed by atoms with Crippen molar-refractivity contribution < 1.29 is 14.3 Å². The number of hydrogen-bond acceptors (Lipinski definition) is 4. The van der Waals surface area contributed by atoms with Crippen molar-refractivity contribution in [1.82, 2.24) is 10.3 Å². The Balaban J connectivity index is 1.84. The second kappa shape index (κ2) is 7.31. The number of benzene rings is 2. The van der Waals surface area contributed by atoms with Gasteiger partial charge in [-0.15, -0.1) is 0 Å². The van der Waals surface area contributed by atoms with Gasteiger partial charge in [-0.1, -0.05) is 24.3 Å². The SMILES string of the molecule is COc1ccc(C(C)NC(=O)c2cc3ccccc3c(=O)[nH]2)cc1OC. The number of rotatable bonds is 5. The number of hydrogen-bond donors (Lipinski definition) is 2. The van der Waals surface area contributed by atoms with Gasteiger partial charge in [-0.25, -0.2) is 0 Å². The maximum atomic E-state index is 12.6. The van der Waals surface area contributed by atoms with Gasteiger partial charge in [0, 0.05) is 5.39 Å². The van der Waals surface area contributed by atoms with Gasteiger partial charge in [-0.05, 0) is 42.1 Å². The van der Waals surface area contributed by atoms with E-state index < -0.39 is 0 Å². The highest BCUT2D eigenvalue weighted by atomic mass is 16.5. The minimum absolute atomic E-state index is 0.223. The zero-order valence-corrected chi connectivity index (χ0v) is 14.8. The predicted molar refractivity (Wildman–Crippen MR) is 100.0 cm³/mol. The van der Waals surface area contributed by atoms with Crippen molar-refractivity contribution in [3.8, 4) is 11.5 Å². The molecule has 0 bridgehead atoms. The van der Waals surface area contributed by atoms with Crippen LogP contribution in [0.2, 0.25) is 0 Å². The summed E-state index contributed by atoms with van der Waals surface area (Å²) >= 11 is 0. The monoisotopic (exact) mass is 352 g/mol. The topological polar surface area (TPSA) is 80.4 Å². The quantitative estimate of drug-likeness (QED) is 0.740. The summed E-state index contributed by atoms with van der Waals surface area (Å²) in [5.74, 6) is 0.856. The second-order valence-electron chi connectivity index (χ2n) is 5.91. The maximum absolute atomic E-state index is 12.6. The Morgan fingerprint density at radius 1 is 1.04 bits per heavy atom. The lowest BCUT2D eigenvalue weighted by molar-refractivity contribution is 0.0934. The van der Waals surface area contributed by atoms with Crippen molar-refractivity contribution in [3.05, 3.63) is 70.1 Å². The van der Waals surface area contributed by atoms with Crippen LogP contribution in [0.5, 0.6) is 11.5 Å². The summed E-state index contributed by atoms with van der Waals surface area (Å²) in [6.45, 7) is 1.86. The molecule has 1 unspecified atom stereocenters. The highest BCUT2D eigenvalue weighted by Gasteiger charge is 2.15. The summed E-state index contributed by atoms with van der Waals surface area (Å²) in [6.07, 6.45) is 0. The van der Waals surface area contributed by atoms with Gasteiger partial charge >= 0.3 is 0 Å². The van der Waals surface area contributed by atoms with E-state index in [-0.39, 0.29) is 23.2 Å². The van der Waals surface area contributed by atoms with Gasteiger partial charge in [-0.2, -0.15) is 0 Å². The lowest BCUT2D eigenvalue weighted by Gasteiger charge is -2.16. The predicted octanol–water partition coefficient (Wildman–Crippen LogP) is 3.04. The Morgan fingerprint density at radius 2 is 1.77 bits per heavy atom. The molecule has 1 atom stereocenters. The average Bonchev–Trinajstić information content (AvgIpc) is 2.67. The van der Waals surface area contributed by atoms with Crippen LogP contribution in [0.1, 0.15) is 29.0 Å². The molecular formula is C20H20N2O4. The first kappa shape index (κ1) is 17.5. The zero-order valence-electron chi connectivity index (χ0n) is 14.8. The zero-order chi connectivity index (χ0) is 18.7. The number of aromatic nitrogens is 1. The molecule has 26 heavy (non-hydrogen) atoms. The molecule has 1 heterocycles. The van der Waals surface area contributed by atoms with E-state index >= 15 is 0 Å². The molecule has 1 aromatic heterocycles. The van der Waals surface area contributed by atoms with Crippen LogP contribution in [0.4, 0.5) is 0 Å². The van der Waals surface area contributed by atoms with Gasteiger partial charge in [0.05, 0.1) is 20.3 Å². The molecule has 2 aromatic carbocycles. The minimum atomic E-state index is -0.352. The molecule has 0 aliphatic rings. The maximum Gasteiger partial charge on any atom is 0.268 e. The van der Waals surface area contributed by atoms with Crippen molar-refractivity contribution in [2.24, 2.45) is 0 Å². The van der Waals surface area contributed by atoms with Crippen molar-refractivity contribution in [1.29, 1.82) is 0 Å². The van der Waals surface area contributed by atoms with E-state index in [2.05, 4.69) is 10.3 Å². The lowest BCUT2D eigenvalue weighted by Crippen LogP contribution is -2.29. The van der Waals surface area contributed by atoms with Gasteiger partial charge in [0.1, 0.15) is 5.69 Å². The number of carbonyl (C=O) groups is 1. The Bertz CT molecular complexity index is 1010. The number of pyridine rings is 1. The van der Waals surface area contributed by atoms with Crippen molar-refractivity contribution in [2.75, 3.05) is 14.2 Å². The first-order chi connectivity index (χ1) is 12.5. The van der Waals surface area contributed by atoms with Crippen molar-refractivity contribution in [3.63, 3.8) is 0 Å². The fourth-order valence-electron chi connectivity index (χ4n) is 2.81. The van der Waals surface area contributed by atoms with Gasteiger partial charge in [0.2, 0.25) is 0 Å². The number of aromatic amines is 1. The van der Waals surface area contributed by atoms with Crippen LogP contribution in [-0.4, -0.2) is 25.1 Å².